The second kappa shape index (κ2) is 8.95. The van der Waals surface area contributed by atoms with Crippen LogP contribution in [0.5, 0.6) is 0 Å². The molecule has 1 heterocycles. The van der Waals surface area contributed by atoms with Gasteiger partial charge in [0.2, 0.25) is 0 Å². The Labute approximate surface area is 139 Å². The van der Waals surface area contributed by atoms with Crippen molar-refractivity contribution in [2.24, 2.45) is 17.8 Å². The van der Waals surface area contributed by atoms with Crippen LogP contribution in [-0.2, 0) is 4.74 Å². The van der Waals surface area contributed by atoms with E-state index in [9.17, 15) is 5.11 Å². The number of thioether (sulfide) groups is 1. The summed E-state index contributed by atoms with van der Waals surface area (Å²) in [5, 5.41) is 9.34. The van der Waals surface area contributed by atoms with Crippen LogP contribution < -0.4 is 0 Å². The molecule has 1 aromatic carbocycles. The van der Waals surface area contributed by atoms with Gasteiger partial charge in [0.25, 0.3) is 0 Å². The van der Waals surface area contributed by atoms with Crippen molar-refractivity contribution < 1.29 is 9.84 Å². The van der Waals surface area contributed by atoms with Crippen molar-refractivity contribution in [1.82, 2.24) is 0 Å². The first-order valence-corrected chi connectivity index (χ1v) is 9.58. The summed E-state index contributed by atoms with van der Waals surface area (Å²) in [5.74, 6) is 2.89. The van der Waals surface area contributed by atoms with Crippen LogP contribution in [0.4, 0.5) is 0 Å². The first-order chi connectivity index (χ1) is 10.7. The lowest BCUT2D eigenvalue weighted by Crippen LogP contribution is -2.23. The summed E-state index contributed by atoms with van der Waals surface area (Å²) in [6.45, 7) is 7.11. The molecule has 1 aliphatic rings. The molecule has 0 saturated carbocycles. The third-order valence-corrected chi connectivity index (χ3v) is 6.18. The maximum Gasteiger partial charge on any atom is 0.0640 e. The smallest absolute Gasteiger partial charge is 0.0640 e. The first kappa shape index (κ1) is 17.8. The highest BCUT2D eigenvalue weighted by Gasteiger charge is 2.41. The van der Waals surface area contributed by atoms with Crippen LogP contribution in [0.15, 0.2) is 35.2 Å². The fraction of sp³-hybridized carbons (Fsp3) is 0.684. The fourth-order valence-electron chi connectivity index (χ4n) is 3.27. The summed E-state index contributed by atoms with van der Waals surface area (Å²) in [4.78, 5) is 1.32. The lowest BCUT2D eigenvalue weighted by molar-refractivity contribution is 0.00714. The average Bonchev–Trinajstić information content (AvgIpc) is 2.82. The molecule has 0 aromatic heterocycles. The lowest BCUT2D eigenvalue weighted by atomic mass is 9.85. The van der Waals surface area contributed by atoms with E-state index in [1.54, 1.807) is 0 Å². The molecule has 1 N–H and O–H groups in total. The van der Waals surface area contributed by atoms with Crippen LogP contribution in [0.25, 0.3) is 0 Å². The van der Waals surface area contributed by atoms with Crippen molar-refractivity contribution in [3.05, 3.63) is 30.3 Å². The minimum Gasteiger partial charge on any atom is -0.396 e. The van der Waals surface area contributed by atoms with Crippen molar-refractivity contribution in [3.8, 4) is 0 Å². The molecule has 0 bridgehead atoms. The van der Waals surface area contributed by atoms with Gasteiger partial charge < -0.3 is 9.84 Å². The standard InChI is InChI=1S/C19H30O2S/c1-4-14(2)12-19-15(3)17(18(21-19)10-11-20)13-22-16-8-6-5-7-9-16/h5-9,14-15,17-20H,4,10-13H2,1-3H3/t14-,15-,17-,18+,19-/m1/s1. The molecule has 1 saturated heterocycles. The summed E-state index contributed by atoms with van der Waals surface area (Å²) in [6, 6.07) is 10.6. The molecular weight excluding hydrogens is 292 g/mol. The summed E-state index contributed by atoms with van der Waals surface area (Å²) < 4.78 is 6.31. The van der Waals surface area contributed by atoms with Gasteiger partial charge in [-0.1, -0.05) is 45.4 Å². The summed E-state index contributed by atoms with van der Waals surface area (Å²) >= 11 is 1.92. The third kappa shape index (κ3) is 4.74. The maximum atomic E-state index is 9.34. The highest BCUT2D eigenvalue weighted by molar-refractivity contribution is 7.99. The van der Waals surface area contributed by atoms with Gasteiger partial charge in [0.1, 0.15) is 0 Å². The van der Waals surface area contributed by atoms with Gasteiger partial charge >= 0.3 is 0 Å². The van der Waals surface area contributed by atoms with Gasteiger partial charge in [-0.2, -0.15) is 0 Å². The lowest BCUT2D eigenvalue weighted by Gasteiger charge is -2.21. The Bertz CT molecular complexity index is 423. The fourth-order valence-corrected chi connectivity index (χ4v) is 4.53. The van der Waals surface area contributed by atoms with Gasteiger partial charge in [0.05, 0.1) is 12.2 Å². The van der Waals surface area contributed by atoms with Gasteiger partial charge in [0.15, 0.2) is 0 Å². The Morgan fingerprint density at radius 3 is 2.59 bits per heavy atom. The van der Waals surface area contributed by atoms with E-state index in [1.807, 2.05) is 11.8 Å². The molecule has 0 spiro atoms. The number of benzene rings is 1. The Morgan fingerprint density at radius 2 is 1.95 bits per heavy atom. The number of hydrogen-bond donors (Lipinski definition) is 1. The predicted molar refractivity (Wildman–Crippen MR) is 94.3 cm³/mol. The van der Waals surface area contributed by atoms with Gasteiger partial charge in [-0.25, -0.2) is 0 Å². The molecule has 1 aromatic rings. The first-order valence-electron chi connectivity index (χ1n) is 8.59. The largest absolute Gasteiger partial charge is 0.396 e. The highest BCUT2D eigenvalue weighted by Crippen LogP contribution is 2.40. The number of aliphatic hydroxyl groups is 1. The topological polar surface area (TPSA) is 29.5 Å². The zero-order chi connectivity index (χ0) is 15.9. The summed E-state index contributed by atoms with van der Waals surface area (Å²) in [5.41, 5.74) is 0. The Balaban J connectivity index is 1.96. The zero-order valence-electron chi connectivity index (χ0n) is 14.1. The van der Waals surface area contributed by atoms with Crippen LogP contribution in [-0.4, -0.2) is 29.7 Å². The Morgan fingerprint density at radius 1 is 1.23 bits per heavy atom. The van der Waals surface area contributed by atoms with Gasteiger partial charge in [-0.15, -0.1) is 11.8 Å². The van der Waals surface area contributed by atoms with E-state index in [-0.39, 0.29) is 12.7 Å². The zero-order valence-corrected chi connectivity index (χ0v) is 14.9. The second-order valence-electron chi connectivity index (χ2n) is 6.62. The molecule has 0 unspecified atom stereocenters. The van der Waals surface area contributed by atoms with E-state index in [0.29, 0.717) is 23.9 Å². The minimum absolute atomic E-state index is 0.213. The van der Waals surface area contributed by atoms with Crippen molar-refractivity contribution in [2.45, 2.75) is 57.1 Å². The highest BCUT2D eigenvalue weighted by atomic mass is 32.2. The molecule has 22 heavy (non-hydrogen) atoms. The molecule has 0 aliphatic carbocycles. The molecule has 5 atom stereocenters. The quantitative estimate of drug-likeness (QED) is 0.708. The summed E-state index contributed by atoms with van der Waals surface area (Å²) in [7, 11) is 0. The van der Waals surface area contributed by atoms with E-state index < -0.39 is 0 Å². The molecule has 1 fully saturated rings. The van der Waals surface area contributed by atoms with E-state index in [2.05, 4.69) is 51.1 Å². The Hall–Kier alpha value is -0.510. The average molecular weight is 323 g/mol. The molecule has 124 valence electrons. The molecule has 3 heteroatoms. The Kier molecular flexibility index (Phi) is 7.26. The molecule has 1 aliphatic heterocycles. The second-order valence-corrected chi connectivity index (χ2v) is 7.71. The number of rotatable bonds is 8. The predicted octanol–water partition coefficient (Wildman–Crippen LogP) is 4.62. The van der Waals surface area contributed by atoms with Crippen molar-refractivity contribution in [3.63, 3.8) is 0 Å². The van der Waals surface area contributed by atoms with Crippen LogP contribution in [0.1, 0.15) is 40.0 Å². The molecule has 0 amide bonds. The van der Waals surface area contributed by atoms with Crippen LogP contribution in [0.3, 0.4) is 0 Å². The molecular formula is C19H30O2S. The van der Waals surface area contributed by atoms with Crippen LogP contribution in [0.2, 0.25) is 0 Å². The van der Waals surface area contributed by atoms with E-state index >= 15 is 0 Å². The van der Waals surface area contributed by atoms with Crippen molar-refractivity contribution in [2.75, 3.05) is 12.4 Å². The van der Waals surface area contributed by atoms with E-state index in [0.717, 1.165) is 18.6 Å². The molecule has 2 nitrogen and oxygen atoms in total. The van der Waals surface area contributed by atoms with Gasteiger partial charge in [-0.05, 0) is 42.7 Å². The van der Waals surface area contributed by atoms with Crippen molar-refractivity contribution in [1.29, 1.82) is 0 Å². The van der Waals surface area contributed by atoms with E-state index in [1.165, 1.54) is 11.3 Å². The number of aliphatic hydroxyl groups excluding tert-OH is 1. The minimum atomic E-state index is 0.213. The van der Waals surface area contributed by atoms with Gasteiger partial charge in [-0.3, -0.25) is 0 Å². The third-order valence-electron chi connectivity index (χ3n) is 5.02. The molecule has 0 radical (unpaired) electrons. The van der Waals surface area contributed by atoms with Crippen LogP contribution in [0, 0.1) is 17.8 Å². The SMILES string of the molecule is CC[C@@H](C)C[C@H]1O[C@@H](CCO)[C@H](CSc2ccccc2)[C@H]1C. The normalized spacial score (nSPS) is 29.6. The molecule has 2 rings (SSSR count). The van der Waals surface area contributed by atoms with Crippen molar-refractivity contribution >= 4 is 11.8 Å². The number of ether oxygens (including phenoxy) is 1. The maximum absolute atomic E-state index is 9.34. The summed E-state index contributed by atoms with van der Waals surface area (Å²) in [6.07, 6.45) is 3.69. The van der Waals surface area contributed by atoms with E-state index in [4.69, 9.17) is 4.74 Å². The van der Waals surface area contributed by atoms with Crippen LogP contribution >= 0.6 is 11.8 Å². The monoisotopic (exact) mass is 322 g/mol. The number of hydrogen-bond acceptors (Lipinski definition) is 3. The van der Waals surface area contributed by atoms with Gasteiger partial charge in [0, 0.05) is 17.3 Å².